The molecule has 2 aliphatic heterocycles. The van der Waals surface area contributed by atoms with Crippen LogP contribution < -0.4 is 10.1 Å². The molecule has 0 atom stereocenters. The molecule has 2 heterocycles. The highest BCUT2D eigenvalue weighted by molar-refractivity contribution is 6.33. The van der Waals surface area contributed by atoms with Crippen LogP contribution in [0, 0.1) is 5.82 Å². The fourth-order valence-corrected chi connectivity index (χ4v) is 4.47. The maximum atomic E-state index is 13.6. The molecule has 2 aliphatic rings. The van der Waals surface area contributed by atoms with E-state index >= 15 is 0 Å². The predicted octanol–water partition coefficient (Wildman–Crippen LogP) is 5.06. The van der Waals surface area contributed by atoms with Crippen LogP contribution in [0.2, 0.25) is 5.02 Å². The number of Topliss-reactive ketones (excluding diaryl/α,β-unsaturated/α-hetero) is 1. The van der Waals surface area contributed by atoms with Crippen LogP contribution in [0.1, 0.15) is 42.5 Å². The Morgan fingerprint density at radius 1 is 1.09 bits per heavy atom. The lowest BCUT2D eigenvalue weighted by Gasteiger charge is -2.40. The van der Waals surface area contributed by atoms with Crippen molar-refractivity contribution in [2.75, 3.05) is 32.1 Å². The van der Waals surface area contributed by atoms with Crippen molar-refractivity contribution in [3.05, 3.63) is 70.1 Å². The van der Waals surface area contributed by atoms with Gasteiger partial charge in [0.25, 0.3) is 5.91 Å². The second-order valence-electron chi connectivity index (χ2n) is 8.23. The zero-order valence-electron chi connectivity index (χ0n) is 18.6. The van der Waals surface area contributed by atoms with Crippen LogP contribution in [-0.4, -0.2) is 48.5 Å². The topological polar surface area (TPSA) is 61.9 Å². The van der Waals surface area contributed by atoms with E-state index in [-0.39, 0.29) is 23.1 Å². The monoisotopic (exact) mass is 471 g/mol. The largest absolute Gasteiger partial charge is 0.497 e. The lowest BCUT2D eigenvalue weighted by atomic mass is 9.97. The summed E-state index contributed by atoms with van der Waals surface area (Å²) in [5.74, 6) is -0.119. The van der Waals surface area contributed by atoms with Crippen LogP contribution in [0.3, 0.4) is 0 Å². The number of hydrogen-bond donors (Lipinski definition) is 1. The van der Waals surface area contributed by atoms with E-state index in [1.165, 1.54) is 18.2 Å². The average Bonchev–Trinajstić information content (AvgIpc) is 2.83. The fourth-order valence-electron chi connectivity index (χ4n) is 4.26. The molecule has 174 valence electrons. The first kappa shape index (κ1) is 23.3. The normalized spacial score (nSPS) is 17.3. The molecule has 0 aromatic heterocycles. The number of halogens is 2. The van der Waals surface area contributed by atoms with Crippen LogP contribution in [0.15, 0.2) is 53.7 Å². The molecule has 0 saturated carbocycles. The van der Waals surface area contributed by atoms with Gasteiger partial charge in [-0.2, -0.15) is 0 Å². The second-order valence-corrected chi connectivity index (χ2v) is 8.63. The van der Waals surface area contributed by atoms with Gasteiger partial charge >= 0.3 is 0 Å². The molecule has 2 aromatic carbocycles. The van der Waals surface area contributed by atoms with Crippen molar-refractivity contribution in [1.82, 2.24) is 10.0 Å². The molecule has 2 aromatic rings. The van der Waals surface area contributed by atoms with Gasteiger partial charge in [-0.25, -0.2) is 9.40 Å². The van der Waals surface area contributed by atoms with Crippen molar-refractivity contribution < 1.29 is 18.7 Å². The van der Waals surface area contributed by atoms with Crippen LogP contribution in [0.25, 0.3) is 0 Å². The summed E-state index contributed by atoms with van der Waals surface area (Å²) in [6.07, 6.45) is 3.75. The smallest absolute Gasteiger partial charge is 0.266 e. The number of anilines is 1. The van der Waals surface area contributed by atoms with Crippen LogP contribution in [0.4, 0.5) is 10.1 Å². The third kappa shape index (κ3) is 5.37. The van der Waals surface area contributed by atoms with Gasteiger partial charge in [-0.15, -0.1) is 0 Å². The molecule has 1 fully saturated rings. The lowest BCUT2D eigenvalue weighted by Crippen LogP contribution is -2.52. The van der Waals surface area contributed by atoms with Gasteiger partial charge in [-0.1, -0.05) is 18.0 Å². The minimum absolute atomic E-state index is 0.0450. The lowest BCUT2D eigenvalue weighted by molar-refractivity contribution is -0.147. The van der Waals surface area contributed by atoms with Crippen molar-refractivity contribution in [1.29, 1.82) is 0 Å². The van der Waals surface area contributed by atoms with Crippen molar-refractivity contribution >= 4 is 29.0 Å². The van der Waals surface area contributed by atoms with Crippen molar-refractivity contribution in [3.63, 3.8) is 0 Å². The Labute approximate surface area is 197 Å². The molecule has 1 amide bonds. The summed E-state index contributed by atoms with van der Waals surface area (Å²) in [5, 5.41) is 7.27. The Bertz CT molecular complexity index is 1070. The number of carbonyl (C=O) groups excluding carboxylic acids is 2. The molecule has 0 radical (unpaired) electrons. The average molecular weight is 472 g/mol. The first-order chi connectivity index (χ1) is 16.0. The van der Waals surface area contributed by atoms with Gasteiger partial charge in [0.2, 0.25) is 0 Å². The highest BCUT2D eigenvalue weighted by Gasteiger charge is 2.33. The highest BCUT2D eigenvalue weighted by atomic mass is 35.5. The Balaban J connectivity index is 1.63. The number of hydrogen-bond acceptors (Lipinski definition) is 5. The van der Waals surface area contributed by atoms with Crippen molar-refractivity contribution in [2.24, 2.45) is 0 Å². The quantitative estimate of drug-likeness (QED) is 0.572. The van der Waals surface area contributed by atoms with E-state index in [1.54, 1.807) is 36.4 Å². The Morgan fingerprint density at radius 2 is 1.82 bits per heavy atom. The Hall–Kier alpha value is -2.90. The van der Waals surface area contributed by atoms with Crippen molar-refractivity contribution in [2.45, 2.75) is 32.1 Å². The molecule has 0 aliphatic carbocycles. The van der Waals surface area contributed by atoms with Crippen LogP contribution in [-0.2, 0) is 4.79 Å². The molecule has 6 nitrogen and oxygen atoms in total. The van der Waals surface area contributed by atoms with E-state index in [0.717, 1.165) is 32.4 Å². The first-order valence-corrected chi connectivity index (χ1v) is 11.5. The van der Waals surface area contributed by atoms with Crippen LogP contribution >= 0.6 is 11.6 Å². The number of ether oxygens (including phenoxy) is 1. The number of rotatable bonds is 7. The van der Waals surface area contributed by atoms with Gasteiger partial charge in [0.1, 0.15) is 11.6 Å². The predicted molar refractivity (Wildman–Crippen MR) is 126 cm³/mol. The number of nitrogens with one attached hydrogen (secondary N) is 1. The summed E-state index contributed by atoms with van der Waals surface area (Å²) < 4.78 is 18.7. The van der Waals surface area contributed by atoms with E-state index in [0.29, 0.717) is 41.2 Å². The summed E-state index contributed by atoms with van der Waals surface area (Å²) in [6, 6.07) is 10.9. The van der Waals surface area contributed by atoms with E-state index in [2.05, 4.69) is 10.3 Å². The number of ketones is 1. The molecule has 4 rings (SSSR count). The molecular weight excluding hydrogens is 445 g/mol. The number of amides is 1. The third-order valence-corrected chi connectivity index (χ3v) is 6.38. The summed E-state index contributed by atoms with van der Waals surface area (Å²) in [6.45, 7) is 2.18. The zero-order valence-corrected chi connectivity index (χ0v) is 19.3. The third-order valence-electron chi connectivity index (χ3n) is 6.07. The van der Waals surface area contributed by atoms with E-state index < -0.39 is 5.82 Å². The van der Waals surface area contributed by atoms with Gasteiger partial charge in [0.05, 0.1) is 17.8 Å². The van der Waals surface area contributed by atoms with Gasteiger partial charge in [0.15, 0.2) is 5.78 Å². The zero-order chi connectivity index (χ0) is 23.4. The maximum absolute atomic E-state index is 13.6. The fraction of sp³-hybridized carbons (Fsp3) is 0.360. The Morgan fingerprint density at radius 3 is 2.48 bits per heavy atom. The molecule has 0 unspecified atom stereocenters. The molecule has 0 spiro atoms. The van der Waals surface area contributed by atoms with E-state index in [4.69, 9.17) is 16.3 Å². The second kappa shape index (κ2) is 10.4. The van der Waals surface area contributed by atoms with Gasteiger partial charge in [-0.3, -0.25) is 14.6 Å². The summed E-state index contributed by atoms with van der Waals surface area (Å²) >= 11 is 6.21. The maximum Gasteiger partial charge on any atom is 0.266 e. The number of methoxy groups -OCH3 is 1. The number of benzene rings is 2. The summed E-state index contributed by atoms with van der Waals surface area (Å²) in [5.41, 5.74) is 2.06. The van der Waals surface area contributed by atoms with E-state index in [1.807, 2.05) is 0 Å². The number of hydrazine groups is 1. The van der Waals surface area contributed by atoms with Gasteiger partial charge in [-0.05, 0) is 55.3 Å². The van der Waals surface area contributed by atoms with Gasteiger partial charge in [0, 0.05) is 49.3 Å². The molecule has 8 heteroatoms. The van der Waals surface area contributed by atoms with Gasteiger partial charge < -0.3 is 10.1 Å². The number of nitrogens with zero attached hydrogens (tertiary/aromatic N) is 2. The standard InChI is InChI=1S/C25H27ClFN3O3/c1-33-19-8-5-17(6-9-19)24(31)16-20-22(28-23-10-7-18(27)15-21(23)26)11-14-30(25(20)32)29-12-3-2-4-13-29/h5-10,15,28H,2-4,11-14,16H2,1H3. The van der Waals surface area contributed by atoms with Crippen molar-refractivity contribution in [3.8, 4) is 5.75 Å². The Kier molecular flexibility index (Phi) is 7.30. The summed E-state index contributed by atoms with van der Waals surface area (Å²) in [4.78, 5) is 26.6. The molecular formula is C25H27ClFN3O3. The highest BCUT2D eigenvalue weighted by Crippen LogP contribution is 2.30. The molecule has 0 bridgehead atoms. The minimum Gasteiger partial charge on any atom is -0.497 e. The minimum atomic E-state index is -0.439. The van der Waals surface area contributed by atoms with E-state index in [9.17, 15) is 14.0 Å². The molecule has 1 N–H and O–H groups in total. The molecule has 33 heavy (non-hydrogen) atoms. The van der Waals surface area contributed by atoms with Crippen LogP contribution in [0.5, 0.6) is 5.75 Å². The number of carbonyl (C=O) groups is 2. The number of piperidine rings is 1. The first-order valence-electron chi connectivity index (χ1n) is 11.1. The SMILES string of the molecule is COc1ccc(C(=O)CC2=C(Nc3ccc(F)cc3Cl)CCN(N3CCCCC3)C2=O)cc1. The molecule has 1 saturated heterocycles. The summed E-state index contributed by atoms with van der Waals surface area (Å²) in [7, 11) is 1.57.